The van der Waals surface area contributed by atoms with Crippen LogP contribution >= 0.6 is 0 Å². The van der Waals surface area contributed by atoms with Crippen molar-refractivity contribution >= 4 is 11.7 Å². The fraction of sp³-hybridized carbons (Fsp3) is 0.364. The van der Waals surface area contributed by atoms with Crippen LogP contribution in [0.15, 0.2) is 42.5 Å². The van der Waals surface area contributed by atoms with Crippen molar-refractivity contribution < 1.29 is 23.1 Å². The van der Waals surface area contributed by atoms with Crippen molar-refractivity contribution in [1.82, 2.24) is 5.32 Å². The average Bonchev–Trinajstić information content (AvgIpc) is 3.20. The Bertz CT molecular complexity index is 845. The summed E-state index contributed by atoms with van der Waals surface area (Å²) < 4.78 is 32.1. The molecule has 148 valence electrons. The molecule has 0 aliphatic heterocycles. The van der Waals surface area contributed by atoms with Gasteiger partial charge in [0.05, 0.1) is 11.6 Å². The molecule has 1 amide bonds. The van der Waals surface area contributed by atoms with Crippen molar-refractivity contribution in [2.45, 2.75) is 38.6 Å². The topological polar surface area (TPSA) is 55.4 Å². The van der Waals surface area contributed by atoms with Gasteiger partial charge in [-0.25, -0.2) is 8.78 Å². The molecule has 0 saturated heterocycles. The molecule has 2 aromatic carbocycles. The van der Waals surface area contributed by atoms with E-state index in [2.05, 4.69) is 5.32 Å². The lowest BCUT2D eigenvalue weighted by Crippen LogP contribution is -2.36. The van der Waals surface area contributed by atoms with Crippen LogP contribution in [0.1, 0.15) is 54.6 Å². The summed E-state index contributed by atoms with van der Waals surface area (Å²) in [6.07, 6.45) is 4.20. The molecule has 1 aliphatic rings. The number of Topliss-reactive ketones (excluding diaryl/α,β-unsaturated/α-hetero) is 1. The van der Waals surface area contributed by atoms with Crippen LogP contribution in [0.3, 0.4) is 0 Å². The summed E-state index contributed by atoms with van der Waals surface area (Å²) in [5.41, 5.74) is 0.950. The molecule has 1 fully saturated rings. The lowest BCUT2D eigenvalue weighted by atomic mass is 9.91. The fourth-order valence-corrected chi connectivity index (χ4v) is 3.70. The quantitative estimate of drug-likeness (QED) is 0.707. The van der Waals surface area contributed by atoms with E-state index in [4.69, 9.17) is 4.74 Å². The predicted molar refractivity (Wildman–Crippen MR) is 101 cm³/mol. The van der Waals surface area contributed by atoms with E-state index in [1.807, 2.05) is 0 Å². The summed E-state index contributed by atoms with van der Waals surface area (Å²) in [7, 11) is 0. The highest BCUT2D eigenvalue weighted by Crippen LogP contribution is 2.35. The number of benzene rings is 2. The number of rotatable bonds is 7. The van der Waals surface area contributed by atoms with Crippen LogP contribution < -0.4 is 10.1 Å². The number of nitrogens with one attached hydrogen (secondary N) is 1. The average molecular weight is 387 g/mol. The van der Waals surface area contributed by atoms with Gasteiger partial charge in [0.15, 0.2) is 12.4 Å². The Morgan fingerprint density at radius 2 is 1.71 bits per heavy atom. The van der Waals surface area contributed by atoms with E-state index < -0.39 is 5.82 Å². The molecule has 1 unspecified atom stereocenters. The Balaban J connectivity index is 1.69. The number of hydrogen-bond donors (Lipinski definition) is 1. The maximum absolute atomic E-state index is 13.4. The fourth-order valence-electron chi connectivity index (χ4n) is 3.70. The molecular formula is C22H23F2NO3. The van der Waals surface area contributed by atoms with Gasteiger partial charge in [-0.1, -0.05) is 25.0 Å². The first-order valence-corrected chi connectivity index (χ1v) is 9.42. The number of ether oxygens (including phenoxy) is 1. The second kappa shape index (κ2) is 8.95. The molecule has 4 nitrogen and oxygen atoms in total. The number of amides is 1. The lowest BCUT2D eigenvalue weighted by Gasteiger charge is -2.25. The molecule has 0 radical (unpaired) electrons. The minimum atomic E-state index is -0.542. The molecule has 1 aliphatic carbocycles. The van der Waals surface area contributed by atoms with Gasteiger partial charge in [-0.15, -0.1) is 0 Å². The highest BCUT2D eigenvalue weighted by atomic mass is 19.1. The van der Waals surface area contributed by atoms with E-state index in [-0.39, 0.29) is 47.4 Å². The van der Waals surface area contributed by atoms with Crippen molar-refractivity contribution in [2.75, 3.05) is 6.61 Å². The summed E-state index contributed by atoms with van der Waals surface area (Å²) >= 11 is 0. The molecule has 0 spiro atoms. The maximum Gasteiger partial charge on any atom is 0.258 e. The van der Waals surface area contributed by atoms with E-state index in [9.17, 15) is 18.4 Å². The molecule has 1 atom stereocenters. The molecule has 0 bridgehead atoms. The number of carbonyl (C=O) groups is 2. The van der Waals surface area contributed by atoms with Crippen LogP contribution in [0, 0.1) is 17.6 Å². The first-order valence-electron chi connectivity index (χ1n) is 9.42. The third-order valence-corrected chi connectivity index (χ3v) is 5.10. The van der Waals surface area contributed by atoms with Gasteiger partial charge in [-0.05, 0) is 61.6 Å². The Morgan fingerprint density at radius 3 is 2.36 bits per heavy atom. The third-order valence-electron chi connectivity index (χ3n) is 5.10. The summed E-state index contributed by atoms with van der Waals surface area (Å²) in [5.74, 6) is -1.10. The normalized spacial score (nSPS) is 15.2. The monoisotopic (exact) mass is 387 g/mol. The second-order valence-electron chi connectivity index (χ2n) is 7.13. The van der Waals surface area contributed by atoms with Gasteiger partial charge >= 0.3 is 0 Å². The van der Waals surface area contributed by atoms with E-state index >= 15 is 0 Å². The number of halogens is 2. The van der Waals surface area contributed by atoms with Crippen molar-refractivity contribution in [2.24, 2.45) is 5.92 Å². The smallest absolute Gasteiger partial charge is 0.258 e. The third kappa shape index (κ3) is 4.94. The number of hydrogen-bond acceptors (Lipinski definition) is 3. The summed E-state index contributed by atoms with van der Waals surface area (Å²) in [5, 5.41) is 2.98. The minimum Gasteiger partial charge on any atom is -0.483 e. The number of ketones is 1. The SMILES string of the molecule is CC(=O)c1cc(F)ccc1OCC(=O)NC(c1ccc(F)cc1)C1CCCC1. The largest absolute Gasteiger partial charge is 0.483 e. The highest BCUT2D eigenvalue weighted by molar-refractivity contribution is 5.96. The lowest BCUT2D eigenvalue weighted by molar-refractivity contribution is -0.124. The van der Waals surface area contributed by atoms with E-state index in [1.54, 1.807) is 12.1 Å². The molecule has 2 aromatic rings. The van der Waals surface area contributed by atoms with E-state index in [1.165, 1.54) is 31.2 Å². The van der Waals surface area contributed by atoms with Crippen LogP contribution in [0.2, 0.25) is 0 Å². The van der Waals surface area contributed by atoms with Gasteiger partial charge in [0.2, 0.25) is 0 Å². The predicted octanol–water partition coefficient (Wildman–Crippen LogP) is 4.59. The van der Waals surface area contributed by atoms with E-state index in [0.29, 0.717) is 0 Å². The zero-order valence-electron chi connectivity index (χ0n) is 15.7. The second-order valence-corrected chi connectivity index (χ2v) is 7.13. The molecule has 1 saturated carbocycles. The van der Waals surface area contributed by atoms with Crippen molar-refractivity contribution in [3.8, 4) is 5.75 Å². The van der Waals surface area contributed by atoms with Crippen molar-refractivity contribution in [3.05, 3.63) is 65.2 Å². The van der Waals surface area contributed by atoms with E-state index in [0.717, 1.165) is 37.3 Å². The molecule has 0 heterocycles. The Morgan fingerprint density at radius 1 is 1.07 bits per heavy atom. The van der Waals surface area contributed by atoms with Crippen LogP contribution in [0.5, 0.6) is 5.75 Å². The van der Waals surface area contributed by atoms with Gasteiger partial charge in [0.1, 0.15) is 17.4 Å². The zero-order chi connectivity index (χ0) is 20.1. The van der Waals surface area contributed by atoms with Gasteiger partial charge in [0.25, 0.3) is 5.91 Å². The summed E-state index contributed by atoms with van der Waals surface area (Å²) in [6, 6.07) is 9.54. The van der Waals surface area contributed by atoms with Gasteiger partial charge in [-0.2, -0.15) is 0 Å². The molecular weight excluding hydrogens is 364 g/mol. The summed E-state index contributed by atoms with van der Waals surface area (Å²) in [4.78, 5) is 24.2. The molecule has 1 N–H and O–H groups in total. The minimum absolute atomic E-state index is 0.0960. The van der Waals surface area contributed by atoms with Gasteiger partial charge < -0.3 is 10.1 Å². The standard InChI is InChI=1S/C22H23F2NO3/c1-14(26)19-12-18(24)10-11-20(19)28-13-21(27)25-22(15-4-2-3-5-15)16-6-8-17(23)9-7-16/h6-12,15,22H,2-5,13H2,1H3,(H,25,27). The van der Waals surface area contributed by atoms with Crippen molar-refractivity contribution in [3.63, 3.8) is 0 Å². The van der Waals surface area contributed by atoms with Crippen LogP contribution in [0.25, 0.3) is 0 Å². The maximum atomic E-state index is 13.4. The van der Waals surface area contributed by atoms with Gasteiger partial charge in [0, 0.05) is 0 Å². The zero-order valence-corrected chi connectivity index (χ0v) is 15.7. The number of carbonyl (C=O) groups excluding carboxylic acids is 2. The summed E-state index contributed by atoms with van der Waals surface area (Å²) in [6.45, 7) is 1.02. The Kier molecular flexibility index (Phi) is 6.39. The van der Waals surface area contributed by atoms with Crippen LogP contribution in [-0.2, 0) is 4.79 Å². The van der Waals surface area contributed by atoms with Crippen LogP contribution in [0.4, 0.5) is 8.78 Å². The van der Waals surface area contributed by atoms with Crippen LogP contribution in [-0.4, -0.2) is 18.3 Å². The molecule has 3 rings (SSSR count). The van der Waals surface area contributed by atoms with Gasteiger partial charge in [-0.3, -0.25) is 9.59 Å². The Hall–Kier alpha value is -2.76. The van der Waals surface area contributed by atoms with Crippen molar-refractivity contribution in [1.29, 1.82) is 0 Å². The Labute approximate surface area is 162 Å². The molecule has 0 aromatic heterocycles. The highest BCUT2D eigenvalue weighted by Gasteiger charge is 2.28. The first-order chi connectivity index (χ1) is 13.4. The molecule has 6 heteroatoms. The first kappa shape index (κ1) is 20.0. The molecule has 28 heavy (non-hydrogen) atoms.